The van der Waals surface area contributed by atoms with E-state index in [2.05, 4.69) is 5.32 Å². The van der Waals surface area contributed by atoms with Crippen molar-refractivity contribution in [2.45, 2.75) is 33.8 Å². The Balaban J connectivity index is 2.11. The Kier molecular flexibility index (Phi) is 5.03. The van der Waals surface area contributed by atoms with Gasteiger partial charge in [-0.2, -0.15) is 0 Å². The van der Waals surface area contributed by atoms with Crippen LogP contribution in [0.25, 0.3) is 11.0 Å². The second-order valence-corrected chi connectivity index (χ2v) is 5.88. The third kappa shape index (κ3) is 3.88. The molecule has 0 aliphatic carbocycles. The fourth-order valence-electron chi connectivity index (χ4n) is 2.10. The number of esters is 1. The van der Waals surface area contributed by atoms with Crippen molar-refractivity contribution in [1.29, 1.82) is 0 Å². The van der Waals surface area contributed by atoms with E-state index >= 15 is 0 Å². The average molecular weight is 321 g/mol. The van der Waals surface area contributed by atoms with Gasteiger partial charge in [0, 0.05) is 17.5 Å². The lowest BCUT2D eigenvalue weighted by molar-refractivity contribution is -0.129. The van der Waals surface area contributed by atoms with Crippen LogP contribution in [-0.2, 0) is 9.53 Å². The van der Waals surface area contributed by atoms with Crippen LogP contribution in [0.4, 0.5) is 4.39 Å². The number of hydrogen-bond acceptors (Lipinski definition) is 4. The fraction of sp³-hybridized carbons (Fsp3) is 0.412. The number of carbonyl (C=O) groups is 2. The van der Waals surface area contributed by atoms with Crippen molar-refractivity contribution in [3.05, 3.63) is 35.3 Å². The lowest BCUT2D eigenvalue weighted by atomic mass is 10.1. The summed E-state index contributed by atoms with van der Waals surface area (Å²) >= 11 is 0. The summed E-state index contributed by atoms with van der Waals surface area (Å²) in [6.07, 6.45) is -0.939. The number of hydrogen-bond donors (Lipinski definition) is 1. The molecule has 5 nitrogen and oxygen atoms in total. The largest absolute Gasteiger partial charge is 0.449 e. The molecule has 0 saturated heterocycles. The minimum absolute atomic E-state index is 0.0193. The zero-order valence-corrected chi connectivity index (χ0v) is 13.6. The van der Waals surface area contributed by atoms with E-state index in [-0.39, 0.29) is 11.7 Å². The maximum atomic E-state index is 13.3. The van der Waals surface area contributed by atoms with E-state index in [4.69, 9.17) is 9.15 Å². The molecule has 6 heteroatoms. The number of aryl methyl sites for hydroxylation is 1. The van der Waals surface area contributed by atoms with Crippen LogP contribution in [0, 0.1) is 18.7 Å². The molecule has 0 bridgehead atoms. The third-order valence-corrected chi connectivity index (χ3v) is 3.42. The van der Waals surface area contributed by atoms with E-state index in [1.165, 1.54) is 25.1 Å². The van der Waals surface area contributed by atoms with Gasteiger partial charge in [0.1, 0.15) is 11.4 Å². The molecule has 0 aliphatic heterocycles. The topological polar surface area (TPSA) is 68.5 Å². The number of ether oxygens (including phenoxy) is 1. The van der Waals surface area contributed by atoms with Gasteiger partial charge in [0.05, 0.1) is 0 Å². The Morgan fingerprint density at radius 3 is 2.65 bits per heavy atom. The lowest BCUT2D eigenvalue weighted by Crippen LogP contribution is -2.37. The molecule has 1 aromatic carbocycles. The standard InChI is InChI=1S/C17H20FNO4/c1-9(2)8-19-16(20)11(4)22-17(21)15-10(3)13-7-12(18)5-6-14(13)23-15/h5-7,9,11H,8H2,1-4H3,(H,19,20)/t11-/m0/s1. The maximum absolute atomic E-state index is 13.3. The second-order valence-electron chi connectivity index (χ2n) is 5.88. The first-order valence-corrected chi connectivity index (χ1v) is 7.47. The highest BCUT2D eigenvalue weighted by atomic mass is 19.1. The first kappa shape index (κ1) is 17.0. The number of nitrogens with one attached hydrogen (secondary N) is 1. The SMILES string of the molecule is Cc1c(C(=O)O[C@@H](C)C(=O)NCC(C)C)oc2ccc(F)cc12. The first-order valence-electron chi connectivity index (χ1n) is 7.47. The van der Waals surface area contributed by atoms with E-state index in [0.29, 0.717) is 29.0 Å². The Bertz CT molecular complexity index is 736. The summed E-state index contributed by atoms with van der Waals surface area (Å²) in [5.41, 5.74) is 0.882. The van der Waals surface area contributed by atoms with Gasteiger partial charge in [-0.05, 0) is 38.0 Å². The average Bonchev–Trinajstić information content (AvgIpc) is 2.81. The van der Waals surface area contributed by atoms with Gasteiger partial charge in [0.25, 0.3) is 5.91 Å². The van der Waals surface area contributed by atoms with Gasteiger partial charge in [-0.15, -0.1) is 0 Å². The predicted molar refractivity (Wildman–Crippen MR) is 83.6 cm³/mol. The molecule has 0 fully saturated rings. The van der Waals surface area contributed by atoms with Crippen LogP contribution in [0.2, 0.25) is 0 Å². The Labute approximate surface area is 133 Å². The number of benzene rings is 1. The van der Waals surface area contributed by atoms with Crippen LogP contribution in [-0.4, -0.2) is 24.5 Å². The van der Waals surface area contributed by atoms with Crippen molar-refractivity contribution in [3.8, 4) is 0 Å². The van der Waals surface area contributed by atoms with E-state index in [1.807, 2.05) is 13.8 Å². The molecule has 23 heavy (non-hydrogen) atoms. The minimum atomic E-state index is -0.939. The Morgan fingerprint density at radius 1 is 1.30 bits per heavy atom. The molecule has 2 aromatic rings. The molecule has 0 aliphatic rings. The van der Waals surface area contributed by atoms with Crippen LogP contribution in [0.15, 0.2) is 22.6 Å². The molecular weight excluding hydrogens is 301 g/mol. The van der Waals surface area contributed by atoms with Crippen LogP contribution in [0.5, 0.6) is 0 Å². The van der Waals surface area contributed by atoms with Gasteiger partial charge in [-0.1, -0.05) is 13.8 Å². The molecule has 124 valence electrons. The minimum Gasteiger partial charge on any atom is -0.449 e. The number of fused-ring (bicyclic) bond motifs is 1. The lowest BCUT2D eigenvalue weighted by Gasteiger charge is -2.14. The molecule has 1 heterocycles. The van der Waals surface area contributed by atoms with E-state index in [0.717, 1.165) is 0 Å². The van der Waals surface area contributed by atoms with Gasteiger partial charge in [-0.25, -0.2) is 9.18 Å². The summed E-state index contributed by atoms with van der Waals surface area (Å²) < 4.78 is 23.8. The van der Waals surface area contributed by atoms with Crippen LogP contribution < -0.4 is 5.32 Å². The predicted octanol–water partition coefficient (Wildman–Crippen LogP) is 3.20. The number of furan rings is 1. The van der Waals surface area contributed by atoms with Gasteiger partial charge in [0.15, 0.2) is 6.10 Å². The second kappa shape index (κ2) is 6.81. The molecule has 1 aromatic heterocycles. The monoisotopic (exact) mass is 321 g/mol. The number of amides is 1. The van der Waals surface area contributed by atoms with Crippen molar-refractivity contribution in [2.75, 3.05) is 6.54 Å². The summed E-state index contributed by atoms with van der Waals surface area (Å²) in [6.45, 7) is 7.57. The highest BCUT2D eigenvalue weighted by molar-refractivity contribution is 5.97. The summed E-state index contributed by atoms with van der Waals surface area (Å²) in [5.74, 6) is -1.25. The van der Waals surface area contributed by atoms with Crippen LogP contribution in [0.1, 0.15) is 36.9 Å². The first-order chi connectivity index (χ1) is 10.8. The molecule has 1 atom stereocenters. The molecule has 2 rings (SSSR count). The van der Waals surface area contributed by atoms with Crippen LogP contribution in [0.3, 0.4) is 0 Å². The van der Waals surface area contributed by atoms with Crippen molar-refractivity contribution in [1.82, 2.24) is 5.32 Å². The van der Waals surface area contributed by atoms with Gasteiger partial charge in [-0.3, -0.25) is 4.79 Å². The maximum Gasteiger partial charge on any atom is 0.375 e. The van der Waals surface area contributed by atoms with Gasteiger partial charge < -0.3 is 14.5 Å². The molecule has 0 radical (unpaired) electrons. The van der Waals surface area contributed by atoms with Crippen molar-refractivity contribution < 1.29 is 23.1 Å². The number of carbonyl (C=O) groups excluding carboxylic acids is 2. The summed E-state index contributed by atoms with van der Waals surface area (Å²) in [5, 5.41) is 3.20. The van der Waals surface area contributed by atoms with E-state index in [9.17, 15) is 14.0 Å². The zero-order chi connectivity index (χ0) is 17.1. The van der Waals surface area contributed by atoms with Crippen molar-refractivity contribution >= 4 is 22.8 Å². The molecular formula is C17H20FNO4. The molecule has 0 unspecified atom stereocenters. The molecule has 1 N–H and O–H groups in total. The molecule has 0 spiro atoms. The number of halogens is 1. The molecule has 0 saturated carbocycles. The van der Waals surface area contributed by atoms with Crippen molar-refractivity contribution in [3.63, 3.8) is 0 Å². The Morgan fingerprint density at radius 2 is 2.00 bits per heavy atom. The number of rotatable bonds is 5. The normalized spacial score (nSPS) is 12.4. The summed E-state index contributed by atoms with van der Waals surface area (Å²) in [4.78, 5) is 24.0. The summed E-state index contributed by atoms with van der Waals surface area (Å²) in [6, 6.07) is 4.00. The smallest absolute Gasteiger partial charge is 0.375 e. The van der Waals surface area contributed by atoms with E-state index < -0.39 is 17.9 Å². The van der Waals surface area contributed by atoms with Crippen LogP contribution >= 0.6 is 0 Å². The fourth-order valence-corrected chi connectivity index (χ4v) is 2.10. The van der Waals surface area contributed by atoms with E-state index in [1.54, 1.807) is 6.92 Å². The summed E-state index contributed by atoms with van der Waals surface area (Å²) in [7, 11) is 0. The van der Waals surface area contributed by atoms with Crippen molar-refractivity contribution in [2.24, 2.45) is 5.92 Å². The molecule has 1 amide bonds. The highest BCUT2D eigenvalue weighted by Crippen LogP contribution is 2.26. The zero-order valence-electron chi connectivity index (χ0n) is 13.6. The quantitative estimate of drug-likeness (QED) is 0.859. The van der Waals surface area contributed by atoms with Gasteiger partial charge in [0.2, 0.25) is 5.76 Å². The highest BCUT2D eigenvalue weighted by Gasteiger charge is 2.24. The third-order valence-electron chi connectivity index (χ3n) is 3.42. The van der Waals surface area contributed by atoms with Gasteiger partial charge >= 0.3 is 5.97 Å². The Hall–Kier alpha value is -2.37.